The van der Waals surface area contributed by atoms with Crippen molar-refractivity contribution in [2.24, 2.45) is 4.99 Å². The monoisotopic (exact) mass is 806 g/mol. The maximum absolute atomic E-state index is 4.46. The average molecular weight is 807 g/mol. The van der Waals surface area contributed by atoms with Crippen molar-refractivity contribution in [1.82, 2.24) is 20.3 Å². The van der Waals surface area contributed by atoms with Gasteiger partial charge in [0.2, 0.25) is 6.71 Å². The molecule has 1 unspecified atom stereocenters. The van der Waals surface area contributed by atoms with Gasteiger partial charge in [-0.05, 0) is 68.0 Å². The van der Waals surface area contributed by atoms with Gasteiger partial charge in [-0.25, -0.2) is 4.68 Å². The molecule has 0 aliphatic rings. The van der Waals surface area contributed by atoms with Crippen LogP contribution in [0.4, 0.5) is 0 Å². The van der Waals surface area contributed by atoms with Crippen molar-refractivity contribution in [2.75, 3.05) is 14.1 Å². The van der Waals surface area contributed by atoms with Crippen LogP contribution in [0.3, 0.4) is 0 Å². The van der Waals surface area contributed by atoms with Gasteiger partial charge in [-0.2, -0.15) is 0 Å². The fraction of sp³-hybridized carbons (Fsp3) is 0.325. The Labute approximate surface area is 297 Å². The minimum absolute atomic E-state index is 0. The Morgan fingerprint density at radius 2 is 1.32 bits per heavy atom. The van der Waals surface area contributed by atoms with E-state index in [1.54, 1.807) is 0 Å². The molecule has 47 heavy (non-hydrogen) atoms. The molecule has 5 nitrogen and oxygen atoms in total. The van der Waals surface area contributed by atoms with Crippen LogP contribution >= 0.6 is 0 Å². The molecular weight excluding hydrogens is 756 g/mol. The minimum atomic E-state index is 0. The summed E-state index contributed by atoms with van der Waals surface area (Å²) in [5.41, 5.74) is 16.5. The van der Waals surface area contributed by atoms with Crippen LogP contribution in [-0.4, -0.2) is 47.6 Å². The van der Waals surface area contributed by atoms with E-state index in [1.165, 1.54) is 61.0 Å². The Kier molecular flexibility index (Phi) is 14.1. The number of aliphatic imine (C=N–C) groups is 1. The quantitative estimate of drug-likeness (QED) is 0.138. The van der Waals surface area contributed by atoms with Crippen LogP contribution in [0.15, 0.2) is 90.1 Å². The van der Waals surface area contributed by atoms with Crippen molar-refractivity contribution in [3.63, 3.8) is 0 Å². The number of rotatable bonds is 9. The number of benzene rings is 4. The van der Waals surface area contributed by atoms with E-state index in [2.05, 4.69) is 142 Å². The van der Waals surface area contributed by atoms with E-state index >= 15 is 0 Å². The second-order valence-corrected chi connectivity index (χ2v) is 12.8. The molecule has 0 aliphatic carbocycles. The zero-order chi connectivity index (χ0) is 33.4. The van der Waals surface area contributed by atoms with Crippen LogP contribution in [0.2, 0.25) is 0 Å². The van der Waals surface area contributed by atoms with Crippen molar-refractivity contribution in [2.45, 2.75) is 74.4 Å². The molecule has 1 aromatic heterocycles. The van der Waals surface area contributed by atoms with Crippen LogP contribution in [0.5, 0.6) is 0 Å². The standard InChI is InChI=1S/C33H34BN3.C7H16N2.Pt/c1-22-16-24(3)32(25(4)17-22)34(33-26(5)18-23(2)19-27(33)6)30-14-12-29(13-15-30)31-21-37(36-35-31)20-28-10-8-7-9-11-28;1-6(8-3)5-7(2)9-4;/h7-19,21H,20H2,1-6H3;6,8H,5H2,1-4H3;/q;;+2. The number of hydrogen-bond acceptors (Lipinski definition) is 4. The van der Waals surface area contributed by atoms with E-state index in [1.807, 2.05) is 38.0 Å². The maximum atomic E-state index is 4.46. The van der Waals surface area contributed by atoms with Crippen molar-refractivity contribution >= 4 is 28.8 Å². The van der Waals surface area contributed by atoms with Gasteiger partial charge in [0, 0.05) is 30.8 Å². The first-order valence-corrected chi connectivity index (χ1v) is 16.3. The summed E-state index contributed by atoms with van der Waals surface area (Å²) >= 11 is 0. The molecule has 0 amide bonds. The number of aromatic nitrogens is 3. The molecule has 0 spiro atoms. The first-order chi connectivity index (χ1) is 22.0. The largest absolute Gasteiger partial charge is 2.00 e. The summed E-state index contributed by atoms with van der Waals surface area (Å²) in [6, 6.07) is 29.1. The molecular formula is C40H50BN5Pt+2. The SMILES string of the molecule is CN=C(C)CC(C)NC.Cc1cc(C)c(B(c2ccc(-c3cn(Cc4ccccc4)nn3)cc2)c2c(C)cc(C)cc2C)c(C)c1.[Pt+2]. The second kappa shape index (κ2) is 17.5. The van der Waals surface area contributed by atoms with E-state index in [-0.39, 0.29) is 27.8 Å². The molecule has 5 rings (SSSR count). The molecule has 0 saturated carbocycles. The summed E-state index contributed by atoms with van der Waals surface area (Å²) in [5, 5.41) is 12.0. The molecule has 5 aromatic rings. The van der Waals surface area contributed by atoms with Gasteiger partial charge >= 0.3 is 21.1 Å². The Hall–Kier alpha value is -3.60. The van der Waals surface area contributed by atoms with Gasteiger partial charge in [0.05, 0.1) is 12.7 Å². The molecule has 1 heterocycles. The predicted molar refractivity (Wildman–Crippen MR) is 199 cm³/mol. The zero-order valence-electron chi connectivity index (χ0n) is 29.8. The van der Waals surface area contributed by atoms with Crippen LogP contribution in [-0.2, 0) is 27.6 Å². The Morgan fingerprint density at radius 1 is 0.809 bits per heavy atom. The van der Waals surface area contributed by atoms with E-state index < -0.39 is 0 Å². The summed E-state index contributed by atoms with van der Waals surface area (Å²) in [6.07, 6.45) is 3.08. The molecule has 0 radical (unpaired) electrons. The van der Waals surface area contributed by atoms with E-state index in [4.69, 9.17) is 0 Å². The van der Waals surface area contributed by atoms with Crippen molar-refractivity contribution in [1.29, 1.82) is 0 Å². The van der Waals surface area contributed by atoms with E-state index in [0.29, 0.717) is 12.6 Å². The first-order valence-electron chi connectivity index (χ1n) is 16.3. The van der Waals surface area contributed by atoms with Gasteiger partial charge in [0.15, 0.2) is 0 Å². The third kappa shape index (κ3) is 9.95. The minimum Gasteiger partial charge on any atom is -0.317 e. The van der Waals surface area contributed by atoms with E-state index in [9.17, 15) is 0 Å². The smallest absolute Gasteiger partial charge is 0.317 e. The summed E-state index contributed by atoms with van der Waals surface area (Å²) in [5.74, 6) is 0. The molecule has 1 N–H and O–H groups in total. The summed E-state index contributed by atoms with van der Waals surface area (Å²) in [7, 11) is 3.80. The van der Waals surface area contributed by atoms with Crippen LogP contribution in [0, 0.1) is 41.5 Å². The molecule has 0 saturated heterocycles. The van der Waals surface area contributed by atoms with Gasteiger partial charge in [0.25, 0.3) is 0 Å². The zero-order valence-corrected chi connectivity index (χ0v) is 32.0. The predicted octanol–water partition coefficient (Wildman–Crippen LogP) is 6.43. The third-order valence-electron chi connectivity index (χ3n) is 8.80. The molecule has 246 valence electrons. The van der Waals surface area contributed by atoms with Crippen LogP contribution in [0.25, 0.3) is 11.3 Å². The van der Waals surface area contributed by atoms with Crippen molar-refractivity contribution in [3.8, 4) is 11.3 Å². The second-order valence-electron chi connectivity index (χ2n) is 12.8. The first kappa shape index (κ1) is 37.9. The number of aryl methyl sites for hydroxylation is 6. The number of nitrogens with zero attached hydrogens (tertiary/aromatic N) is 4. The van der Waals surface area contributed by atoms with Crippen LogP contribution < -0.4 is 21.7 Å². The molecule has 7 heteroatoms. The normalized spacial score (nSPS) is 11.7. The van der Waals surface area contributed by atoms with E-state index in [0.717, 1.165) is 17.7 Å². The van der Waals surface area contributed by atoms with Gasteiger partial charge in [-0.3, -0.25) is 4.99 Å². The number of nitrogens with one attached hydrogen (secondary N) is 1. The maximum Gasteiger partial charge on any atom is 2.00 e. The topological polar surface area (TPSA) is 55.1 Å². The summed E-state index contributed by atoms with van der Waals surface area (Å²) in [6.45, 7) is 18.4. The molecule has 0 aliphatic heterocycles. The van der Waals surface area contributed by atoms with Crippen LogP contribution in [0.1, 0.15) is 59.2 Å². The molecule has 0 bridgehead atoms. The van der Waals surface area contributed by atoms with Gasteiger partial charge in [-0.1, -0.05) is 134 Å². The summed E-state index contributed by atoms with van der Waals surface area (Å²) in [4.78, 5) is 4.05. The van der Waals surface area contributed by atoms with Gasteiger partial charge in [0.1, 0.15) is 5.69 Å². The van der Waals surface area contributed by atoms with Gasteiger partial charge < -0.3 is 5.32 Å². The molecule has 1 atom stereocenters. The summed E-state index contributed by atoms with van der Waals surface area (Å²) < 4.78 is 1.90. The Morgan fingerprint density at radius 3 is 1.79 bits per heavy atom. The van der Waals surface area contributed by atoms with Gasteiger partial charge in [-0.15, -0.1) is 5.10 Å². The molecule has 0 fully saturated rings. The fourth-order valence-corrected chi connectivity index (χ4v) is 6.53. The fourth-order valence-electron chi connectivity index (χ4n) is 6.53. The molecule has 4 aromatic carbocycles. The average Bonchev–Trinajstić information content (AvgIpc) is 3.48. The Bertz CT molecular complexity index is 1670. The Balaban J connectivity index is 0.000000528. The van der Waals surface area contributed by atoms with Crippen molar-refractivity contribution in [3.05, 3.63) is 124 Å². The number of hydrogen-bond donors (Lipinski definition) is 1. The third-order valence-corrected chi connectivity index (χ3v) is 8.80. The van der Waals surface area contributed by atoms with Crippen molar-refractivity contribution < 1.29 is 21.1 Å².